The SMILES string of the molecule is CN1CCC(C(=O)N2CCc3c(sc4ncnc(Cl)c34)C2)CC1.CN1CCC(C(=O)N2CCc3c(sc4ncnc(Nc5cnc6c(c5)C=NC6)c34)C2)CC1. The molecule has 286 valence electrons. The molecule has 5 aromatic rings. The topological polar surface area (TPSA) is 136 Å². The predicted octanol–water partition coefficient (Wildman–Crippen LogP) is 5.56. The number of carbonyl (C=O) groups is 2. The Bertz CT molecular complexity index is 2290. The first-order valence-corrected chi connectivity index (χ1v) is 21.2. The number of anilines is 2. The number of thiophene rings is 2. The molecule has 0 aliphatic carbocycles. The predicted molar refractivity (Wildman–Crippen MR) is 217 cm³/mol. The molecular weight excluding hydrogens is 754 g/mol. The van der Waals surface area contributed by atoms with Gasteiger partial charge in [-0.3, -0.25) is 19.6 Å². The molecule has 0 atom stereocenters. The molecule has 5 aliphatic rings. The van der Waals surface area contributed by atoms with Crippen molar-refractivity contribution in [2.24, 2.45) is 16.8 Å². The fourth-order valence-electron chi connectivity index (χ4n) is 8.51. The molecule has 5 aromatic heterocycles. The van der Waals surface area contributed by atoms with E-state index in [1.165, 1.54) is 27.2 Å². The summed E-state index contributed by atoms with van der Waals surface area (Å²) in [6.45, 7) is 7.60. The average molecular weight is 798 g/mol. The van der Waals surface area contributed by atoms with Gasteiger partial charge in [-0.15, -0.1) is 22.7 Å². The van der Waals surface area contributed by atoms with E-state index in [0.29, 0.717) is 36.6 Å². The third-order valence-electron chi connectivity index (χ3n) is 11.7. The lowest BCUT2D eigenvalue weighted by molar-refractivity contribution is -0.138. The van der Waals surface area contributed by atoms with Gasteiger partial charge in [0, 0.05) is 46.5 Å². The van der Waals surface area contributed by atoms with Gasteiger partial charge in [-0.25, -0.2) is 19.9 Å². The van der Waals surface area contributed by atoms with E-state index in [0.717, 1.165) is 121 Å². The summed E-state index contributed by atoms with van der Waals surface area (Å²) < 4.78 is 0. The number of fused-ring (bicyclic) bond motifs is 7. The highest BCUT2D eigenvalue weighted by molar-refractivity contribution is 7.19. The quantitative estimate of drug-likeness (QED) is 0.231. The second-order valence-electron chi connectivity index (χ2n) is 15.3. The molecule has 0 bridgehead atoms. The van der Waals surface area contributed by atoms with Gasteiger partial charge in [-0.05, 0) is 96.0 Å². The zero-order valence-electron chi connectivity index (χ0n) is 31.1. The van der Waals surface area contributed by atoms with Crippen LogP contribution in [-0.4, -0.2) is 116 Å². The van der Waals surface area contributed by atoms with Gasteiger partial charge in [0.2, 0.25) is 11.8 Å². The standard InChI is InChI=1S/C23H25N7OS.C16H19ClN4OS/c1-29-5-2-14(3-6-29)23(31)30-7-4-17-19(12-30)32-22-20(17)21(26-13-27-22)28-16-8-15-9-24-11-18(15)25-10-16;1-20-5-2-10(3-6-20)16(22)21-7-4-11-12(8-21)23-15-13(11)14(17)18-9-19-15/h8-10,13-14H,2-7,11-12H2,1H3,(H,26,27,28);9-10H,2-8H2,1H3. The van der Waals surface area contributed by atoms with Gasteiger partial charge in [-0.2, -0.15) is 0 Å². The number of pyridine rings is 1. The number of rotatable bonds is 4. The average Bonchev–Trinajstić information content (AvgIpc) is 3.93. The van der Waals surface area contributed by atoms with E-state index in [1.54, 1.807) is 29.0 Å². The first kappa shape index (κ1) is 36.5. The Balaban J connectivity index is 0.000000153. The minimum Gasteiger partial charge on any atom is -0.338 e. The highest BCUT2D eigenvalue weighted by Crippen LogP contribution is 2.40. The molecule has 10 rings (SSSR count). The van der Waals surface area contributed by atoms with Crippen LogP contribution in [0, 0.1) is 11.8 Å². The summed E-state index contributed by atoms with van der Waals surface area (Å²) in [5.41, 5.74) is 5.47. The van der Waals surface area contributed by atoms with Crippen LogP contribution in [0.1, 0.15) is 57.8 Å². The molecule has 0 aromatic carbocycles. The minimum atomic E-state index is 0.162. The third-order valence-corrected chi connectivity index (χ3v) is 14.3. The van der Waals surface area contributed by atoms with Crippen LogP contribution in [0.25, 0.3) is 20.4 Å². The van der Waals surface area contributed by atoms with Gasteiger partial charge in [0.15, 0.2) is 0 Å². The summed E-state index contributed by atoms with van der Waals surface area (Å²) in [4.78, 5) is 65.3. The smallest absolute Gasteiger partial charge is 0.226 e. The summed E-state index contributed by atoms with van der Waals surface area (Å²) in [5.74, 6) is 1.79. The maximum absolute atomic E-state index is 13.1. The Morgan fingerprint density at radius 3 is 1.93 bits per heavy atom. The number of likely N-dealkylation sites (tertiary alicyclic amines) is 2. The molecule has 13 nitrogen and oxygen atoms in total. The summed E-state index contributed by atoms with van der Waals surface area (Å²) in [6.07, 6.45) is 12.4. The van der Waals surface area contributed by atoms with Gasteiger partial charge in [0.1, 0.15) is 33.3 Å². The van der Waals surface area contributed by atoms with Crippen LogP contribution < -0.4 is 5.32 Å². The van der Waals surface area contributed by atoms with E-state index in [1.807, 2.05) is 17.3 Å². The molecule has 2 saturated heterocycles. The van der Waals surface area contributed by atoms with E-state index < -0.39 is 0 Å². The number of piperidine rings is 2. The highest BCUT2D eigenvalue weighted by Gasteiger charge is 2.33. The highest BCUT2D eigenvalue weighted by atomic mass is 35.5. The van der Waals surface area contributed by atoms with Crippen LogP contribution >= 0.6 is 34.3 Å². The molecule has 2 amide bonds. The van der Waals surface area contributed by atoms with E-state index in [-0.39, 0.29) is 11.8 Å². The van der Waals surface area contributed by atoms with E-state index in [9.17, 15) is 9.59 Å². The fraction of sp³-hybridized carbons (Fsp3) is 0.487. The maximum Gasteiger partial charge on any atom is 0.226 e. The molecule has 1 N–H and O–H groups in total. The van der Waals surface area contributed by atoms with Gasteiger partial charge in [0.25, 0.3) is 0 Å². The molecule has 55 heavy (non-hydrogen) atoms. The maximum atomic E-state index is 13.1. The van der Waals surface area contributed by atoms with Crippen molar-refractivity contribution >= 4 is 84.2 Å². The van der Waals surface area contributed by atoms with Crippen molar-refractivity contribution in [3.05, 3.63) is 62.2 Å². The summed E-state index contributed by atoms with van der Waals surface area (Å²) in [6, 6.07) is 2.06. The van der Waals surface area contributed by atoms with Crippen molar-refractivity contribution in [1.82, 2.24) is 44.5 Å². The van der Waals surface area contributed by atoms with Gasteiger partial charge in [0.05, 0.1) is 48.0 Å². The molecule has 16 heteroatoms. The Morgan fingerprint density at radius 2 is 1.31 bits per heavy atom. The fourth-order valence-corrected chi connectivity index (χ4v) is 11.2. The molecule has 5 aliphatic heterocycles. The molecule has 0 spiro atoms. The number of hydrogen-bond donors (Lipinski definition) is 1. The number of nitrogens with one attached hydrogen (secondary N) is 1. The Hall–Kier alpha value is -4.15. The number of hydrogen-bond acceptors (Lipinski definition) is 13. The number of aromatic nitrogens is 5. The van der Waals surface area contributed by atoms with Crippen molar-refractivity contribution in [3.63, 3.8) is 0 Å². The Kier molecular flexibility index (Phi) is 10.2. The van der Waals surface area contributed by atoms with Crippen molar-refractivity contribution < 1.29 is 9.59 Å². The monoisotopic (exact) mass is 797 g/mol. The second kappa shape index (κ2) is 15.4. The molecular formula is C39H44ClN11O2S2. The van der Waals surface area contributed by atoms with Gasteiger partial charge in [-0.1, -0.05) is 11.6 Å². The van der Waals surface area contributed by atoms with Crippen molar-refractivity contribution in [3.8, 4) is 0 Å². The third kappa shape index (κ3) is 7.32. The zero-order valence-corrected chi connectivity index (χ0v) is 33.5. The van der Waals surface area contributed by atoms with Crippen molar-refractivity contribution in [1.29, 1.82) is 0 Å². The van der Waals surface area contributed by atoms with Crippen LogP contribution in [-0.2, 0) is 42.1 Å². The van der Waals surface area contributed by atoms with Crippen LogP contribution in [0.4, 0.5) is 11.5 Å². The van der Waals surface area contributed by atoms with Crippen LogP contribution in [0.5, 0.6) is 0 Å². The van der Waals surface area contributed by atoms with E-state index in [4.69, 9.17) is 11.6 Å². The second-order valence-corrected chi connectivity index (χ2v) is 17.8. The molecule has 2 fully saturated rings. The van der Waals surface area contributed by atoms with Gasteiger partial charge >= 0.3 is 0 Å². The van der Waals surface area contributed by atoms with Gasteiger partial charge < -0.3 is 24.9 Å². The summed E-state index contributed by atoms with van der Waals surface area (Å²) in [7, 11) is 4.25. The van der Waals surface area contributed by atoms with E-state index >= 15 is 0 Å². The summed E-state index contributed by atoms with van der Waals surface area (Å²) >= 11 is 9.57. The largest absolute Gasteiger partial charge is 0.338 e. The first-order chi connectivity index (χ1) is 26.8. The van der Waals surface area contributed by atoms with Crippen LogP contribution in [0.2, 0.25) is 5.15 Å². The number of carbonyl (C=O) groups excluding carboxylic acids is 2. The molecule has 10 heterocycles. The van der Waals surface area contributed by atoms with Crippen LogP contribution in [0.3, 0.4) is 0 Å². The van der Waals surface area contributed by atoms with Crippen molar-refractivity contribution in [2.45, 2.75) is 58.2 Å². The minimum absolute atomic E-state index is 0.162. The molecule has 0 saturated carbocycles. The normalized spacial score (nSPS) is 19.3. The number of nitrogens with zero attached hydrogens (tertiary/aromatic N) is 10. The van der Waals surface area contributed by atoms with Crippen LogP contribution in [0.15, 0.2) is 29.9 Å². The van der Waals surface area contributed by atoms with Crippen molar-refractivity contribution in [2.75, 3.05) is 58.7 Å². The first-order valence-electron chi connectivity index (χ1n) is 19.2. The zero-order chi connectivity index (χ0) is 37.6. The lowest BCUT2D eigenvalue weighted by atomic mass is 9.94. The number of amides is 2. The number of halogens is 1. The molecule has 0 unspecified atom stereocenters. The summed E-state index contributed by atoms with van der Waals surface area (Å²) in [5, 5.41) is 6.04. The lowest BCUT2D eigenvalue weighted by Gasteiger charge is -2.34. The number of aliphatic imine (C=N–C) groups is 1. The molecule has 0 radical (unpaired) electrons. The Labute approximate surface area is 332 Å². The van der Waals surface area contributed by atoms with E-state index in [2.05, 4.69) is 70.1 Å². The Morgan fingerprint density at radius 1 is 0.745 bits per heavy atom. The lowest BCUT2D eigenvalue weighted by Crippen LogP contribution is -2.43.